The van der Waals surface area contributed by atoms with E-state index in [0.29, 0.717) is 22.1 Å². The highest BCUT2D eigenvalue weighted by Gasteiger charge is 2.15. The number of halogens is 1. The van der Waals surface area contributed by atoms with Crippen LogP contribution in [0.5, 0.6) is 0 Å². The van der Waals surface area contributed by atoms with Gasteiger partial charge >= 0.3 is 0 Å². The predicted octanol–water partition coefficient (Wildman–Crippen LogP) is 1.92. The lowest BCUT2D eigenvalue weighted by molar-refractivity contribution is -0.117. The summed E-state index contributed by atoms with van der Waals surface area (Å²) in [4.78, 5) is 13.5. The van der Waals surface area contributed by atoms with E-state index in [2.05, 4.69) is 36.3 Å². The molecule has 0 unspecified atom stereocenters. The first-order valence-corrected chi connectivity index (χ1v) is 8.64. The maximum Gasteiger partial charge on any atom is 0.248 e. The molecule has 0 spiro atoms. The Balaban J connectivity index is 1.55. The van der Waals surface area contributed by atoms with Crippen molar-refractivity contribution in [3.8, 4) is 17.1 Å². The van der Waals surface area contributed by atoms with E-state index in [1.54, 1.807) is 18.2 Å². The summed E-state index contributed by atoms with van der Waals surface area (Å²) in [6.45, 7) is 1.84. The standard InChI is InChI=1S/C17H14ClN9O/c1-11-4-2-3-5-14(11)20-16(28)9-27-22-17(21-24-27)13-7-6-12(18)8-15(13)26-10-19-23-25-26/h2-8,10H,9H2,1H3,(H,20,28). The minimum atomic E-state index is -0.255. The second-order valence-corrected chi connectivity index (χ2v) is 6.36. The molecule has 1 amide bonds. The highest BCUT2D eigenvalue weighted by atomic mass is 35.5. The van der Waals surface area contributed by atoms with Crippen molar-refractivity contribution in [1.29, 1.82) is 0 Å². The number of nitrogens with one attached hydrogen (secondary N) is 1. The van der Waals surface area contributed by atoms with E-state index in [-0.39, 0.29) is 12.5 Å². The molecule has 2 aromatic heterocycles. The SMILES string of the molecule is Cc1ccccc1NC(=O)Cn1nnc(-c2ccc(Cl)cc2-n2cnnn2)n1. The van der Waals surface area contributed by atoms with Crippen LogP contribution >= 0.6 is 11.6 Å². The molecule has 0 atom stereocenters. The smallest absolute Gasteiger partial charge is 0.248 e. The minimum Gasteiger partial charge on any atom is -0.324 e. The van der Waals surface area contributed by atoms with Gasteiger partial charge in [0.05, 0.1) is 5.69 Å². The molecule has 140 valence electrons. The first-order valence-electron chi connectivity index (χ1n) is 8.27. The van der Waals surface area contributed by atoms with Crippen molar-refractivity contribution in [2.45, 2.75) is 13.5 Å². The van der Waals surface area contributed by atoms with Crippen molar-refractivity contribution < 1.29 is 4.79 Å². The average Bonchev–Trinajstić information content (AvgIpc) is 3.36. The average molecular weight is 396 g/mol. The number of hydrogen-bond acceptors (Lipinski definition) is 7. The van der Waals surface area contributed by atoms with Crippen LogP contribution in [0.3, 0.4) is 0 Å². The summed E-state index contributed by atoms with van der Waals surface area (Å²) in [6, 6.07) is 12.7. The van der Waals surface area contributed by atoms with Crippen LogP contribution in [-0.4, -0.2) is 46.3 Å². The fourth-order valence-electron chi connectivity index (χ4n) is 2.60. The number of benzene rings is 2. The maximum absolute atomic E-state index is 12.3. The van der Waals surface area contributed by atoms with E-state index in [0.717, 1.165) is 11.3 Å². The second kappa shape index (κ2) is 7.53. The van der Waals surface area contributed by atoms with Crippen LogP contribution in [0.15, 0.2) is 48.8 Å². The molecule has 0 radical (unpaired) electrons. The Labute approximate surface area is 164 Å². The Bertz CT molecular complexity index is 1120. The number of aryl methyl sites for hydroxylation is 1. The summed E-state index contributed by atoms with van der Waals surface area (Å²) in [7, 11) is 0. The molecule has 0 saturated heterocycles. The number of carbonyl (C=O) groups is 1. The van der Waals surface area contributed by atoms with Crippen molar-refractivity contribution in [2.75, 3.05) is 5.32 Å². The Kier molecular flexibility index (Phi) is 4.77. The number of para-hydroxylation sites is 1. The summed E-state index contributed by atoms with van der Waals surface area (Å²) in [5.41, 5.74) is 2.94. The van der Waals surface area contributed by atoms with E-state index in [9.17, 15) is 4.79 Å². The van der Waals surface area contributed by atoms with Gasteiger partial charge in [-0.25, -0.2) is 0 Å². The topological polar surface area (TPSA) is 116 Å². The molecular formula is C17H14ClN9O. The molecule has 11 heteroatoms. The van der Waals surface area contributed by atoms with Crippen LogP contribution in [-0.2, 0) is 11.3 Å². The molecule has 0 aliphatic rings. The molecule has 28 heavy (non-hydrogen) atoms. The molecule has 2 aromatic carbocycles. The number of tetrazole rings is 2. The van der Waals surface area contributed by atoms with Gasteiger partial charge in [-0.3, -0.25) is 4.79 Å². The highest BCUT2D eigenvalue weighted by molar-refractivity contribution is 6.30. The Morgan fingerprint density at radius 2 is 2.04 bits per heavy atom. The van der Waals surface area contributed by atoms with Crippen molar-refractivity contribution in [2.24, 2.45) is 0 Å². The third-order valence-corrected chi connectivity index (χ3v) is 4.19. The van der Waals surface area contributed by atoms with Crippen molar-refractivity contribution in [1.82, 2.24) is 40.4 Å². The molecule has 0 saturated carbocycles. The monoisotopic (exact) mass is 395 g/mol. The minimum absolute atomic E-state index is 0.0743. The number of anilines is 1. The molecule has 0 bridgehead atoms. The van der Waals surface area contributed by atoms with Gasteiger partial charge < -0.3 is 5.32 Å². The van der Waals surface area contributed by atoms with E-state index in [1.165, 1.54) is 15.8 Å². The second-order valence-electron chi connectivity index (χ2n) is 5.92. The Morgan fingerprint density at radius 3 is 2.82 bits per heavy atom. The van der Waals surface area contributed by atoms with Gasteiger partial charge in [0.15, 0.2) is 0 Å². The Morgan fingerprint density at radius 1 is 1.18 bits per heavy atom. The number of carbonyl (C=O) groups excluding carboxylic acids is 1. The van der Waals surface area contributed by atoms with E-state index >= 15 is 0 Å². The van der Waals surface area contributed by atoms with Gasteiger partial charge in [0.2, 0.25) is 11.7 Å². The van der Waals surface area contributed by atoms with E-state index in [4.69, 9.17) is 11.6 Å². The van der Waals surface area contributed by atoms with Gasteiger partial charge in [-0.05, 0) is 52.4 Å². The number of aromatic nitrogens is 8. The van der Waals surface area contributed by atoms with Gasteiger partial charge in [-0.1, -0.05) is 29.8 Å². The van der Waals surface area contributed by atoms with Crippen LogP contribution < -0.4 is 5.32 Å². The first-order chi connectivity index (χ1) is 13.6. The fourth-order valence-corrected chi connectivity index (χ4v) is 2.77. The molecule has 2 heterocycles. The molecule has 4 aromatic rings. The largest absolute Gasteiger partial charge is 0.324 e. The lowest BCUT2D eigenvalue weighted by atomic mass is 10.1. The summed E-state index contributed by atoms with van der Waals surface area (Å²) >= 11 is 6.09. The third-order valence-electron chi connectivity index (χ3n) is 3.95. The molecule has 1 N–H and O–H groups in total. The number of nitrogens with zero attached hydrogens (tertiary/aromatic N) is 8. The van der Waals surface area contributed by atoms with Crippen LogP contribution in [0.2, 0.25) is 5.02 Å². The number of rotatable bonds is 5. The summed E-state index contributed by atoms with van der Waals surface area (Å²) < 4.78 is 1.45. The van der Waals surface area contributed by atoms with E-state index < -0.39 is 0 Å². The van der Waals surface area contributed by atoms with Crippen molar-refractivity contribution in [3.05, 3.63) is 59.4 Å². The van der Waals surface area contributed by atoms with Crippen molar-refractivity contribution in [3.63, 3.8) is 0 Å². The van der Waals surface area contributed by atoms with E-state index in [1.807, 2.05) is 31.2 Å². The summed E-state index contributed by atoms with van der Waals surface area (Å²) in [5, 5.41) is 26.8. The van der Waals surface area contributed by atoms with Gasteiger partial charge in [0.25, 0.3) is 0 Å². The van der Waals surface area contributed by atoms with Crippen LogP contribution in [0.4, 0.5) is 5.69 Å². The lowest BCUT2D eigenvalue weighted by Gasteiger charge is -2.07. The number of amides is 1. The summed E-state index contributed by atoms with van der Waals surface area (Å²) in [5.74, 6) is 0.0703. The molecule has 4 rings (SSSR count). The lowest BCUT2D eigenvalue weighted by Crippen LogP contribution is -2.20. The third kappa shape index (κ3) is 3.71. The zero-order valence-electron chi connectivity index (χ0n) is 14.7. The normalized spacial score (nSPS) is 10.8. The zero-order valence-corrected chi connectivity index (χ0v) is 15.4. The molecular weight excluding hydrogens is 382 g/mol. The quantitative estimate of drug-likeness (QED) is 0.548. The molecule has 0 aliphatic heterocycles. The fraction of sp³-hybridized carbons (Fsp3) is 0.118. The zero-order chi connectivity index (χ0) is 19.5. The van der Waals surface area contributed by atoms with Crippen LogP contribution in [0, 0.1) is 6.92 Å². The molecule has 0 aliphatic carbocycles. The van der Waals surface area contributed by atoms with Gasteiger partial charge in [-0.2, -0.15) is 9.48 Å². The van der Waals surface area contributed by atoms with Gasteiger partial charge in [0.1, 0.15) is 12.9 Å². The van der Waals surface area contributed by atoms with Gasteiger partial charge in [0, 0.05) is 16.3 Å². The Hall–Kier alpha value is -3.66. The first kappa shape index (κ1) is 17.7. The maximum atomic E-state index is 12.3. The number of hydrogen-bond donors (Lipinski definition) is 1. The van der Waals surface area contributed by atoms with Gasteiger partial charge in [-0.15, -0.1) is 15.3 Å². The molecule has 10 nitrogen and oxygen atoms in total. The molecule has 0 fully saturated rings. The predicted molar refractivity (Wildman–Crippen MR) is 101 cm³/mol. The summed E-state index contributed by atoms with van der Waals surface area (Å²) in [6.07, 6.45) is 1.44. The van der Waals surface area contributed by atoms with Crippen molar-refractivity contribution >= 4 is 23.2 Å². The van der Waals surface area contributed by atoms with Crippen LogP contribution in [0.25, 0.3) is 17.1 Å². The van der Waals surface area contributed by atoms with Crippen LogP contribution in [0.1, 0.15) is 5.56 Å². The highest BCUT2D eigenvalue weighted by Crippen LogP contribution is 2.26.